The van der Waals surface area contributed by atoms with Crippen molar-refractivity contribution in [2.24, 2.45) is 11.3 Å². The molecule has 5 nitrogen and oxygen atoms in total. The van der Waals surface area contributed by atoms with Gasteiger partial charge >= 0.3 is 0 Å². The Hall–Kier alpha value is -2.14. The number of amides is 2. The Morgan fingerprint density at radius 2 is 1.96 bits per heavy atom. The van der Waals surface area contributed by atoms with E-state index < -0.39 is 0 Å². The number of rotatable bonds is 6. The fraction of sp³-hybridized carbons (Fsp3) is 0.545. The van der Waals surface area contributed by atoms with E-state index in [-0.39, 0.29) is 23.3 Å². The molecule has 0 aromatic heterocycles. The van der Waals surface area contributed by atoms with Crippen molar-refractivity contribution in [3.63, 3.8) is 0 Å². The zero-order valence-corrected chi connectivity index (χ0v) is 15.7. The lowest BCUT2D eigenvalue weighted by molar-refractivity contribution is -0.145. The van der Waals surface area contributed by atoms with Gasteiger partial charge in [0.1, 0.15) is 0 Å². The maximum Gasteiger partial charge on any atom is 0.244 e. The van der Waals surface area contributed by atoms with Gasteiger partial charge in [0.2, 0.25) is 11.8 Å². The molecule has 1 aromatic rings. The van der Waals surface area contributed by atoms with Crippen LogP contribution in [-0.2, 0) is 14.3 Å². The molecule has 1 aliphatic heterocycles. The molecular weight excluding hydrogens is 340 g/mol. The van der Waals surface area contributed by atoms with E-state index in [0.717, 1.165) is 18.6 Å². The molecule has 2 saturated carbocycles. The molecule has 1 heterocycles. The van der Waals surface area contributed by atoms with Gasteiger partial charge in [0.05, 0.1) is 6.10 Å². The summed E-state index contributed by atoms with van der Waals surface area (Å²) in [5, 5.41) is 6.05. The van der Waals surface area contributed by atoms with Crippen molar-refractivity contribution in [1.82, 2.24) is 10.6 Å². The molecular formula is C22H28N2O3. The molecule has 4 rings (SSSR count). The van der Waals surface area contributed by atoms with Gasteiger partial charge in [0.25, 0.3) is 0 Å². The average Bonchev–Trinajstić information content (AvgIpc) is 3.34. The summed E-state index contributed by atoms with van der Waals surface area (Å²) in [4.78, 5) is 24.3. The third-order valence-electron chi connectivity index (χ3n) is 6.48. The van der Waals surface area contributed by atoms with Crippen LogP contribution in [0.15, 0.2) is 36.4 Å². The SMILES string of the molecule is O=C(/C=C/c1ccccc1)NCCC(=O)NC1C2CCOC2C12CCCC2. The summed E-state index contributed by atoms with van der Waals surface area (Å²) in [5.41, 5.74) is 1.16. The highest BCUT2D eigenvalue weighted by atomic mass is 16.5. The van der Waals surface area contributed by atoms with E-state index >= 15 is 0 Å². The maximum atomic E-state index is 12.4. The molecule has 1 spiro atoms. The molecule has 0 radical (unpaired) electrons. The number of ether oxygens (including phenoxy) is 1. The second-order valence-electron chi connectivity index (χ2n) is 8.01. The van der Waals surface area contributed by atoms with Crippen molar-refractivity contribution >= 4 is 17.9 Å². The number of benzene rings is 1. The molecule has 3 unspecified atom stereocenters. The van der Waals surface area contributed by atoms with Crippen molar-refractivity contribution in [2.75, 3.05) is 13.2 Å². The molecule has 3 aliphatic rings. The molecule has 144 valence electrons. The van der Waals surface area contributed by atoms with Crippen LogP contribution in [-0.4, -0.2) is 37.1 Å². The fourth-order valence-corrected chi connectivity index (χ4v) is 5.24. The highest BCUT2D eigenvalue weighted by Crippen LogP contribution is 2.60. The molecule has 2 N–H and O–H groups in total. The molecule has 0 bridgehead atoms. The van der Waals surface area contributed by atoms with E-state index in [4.69, 9.17) is 4.74 Å². The fourth-order valence-electron chi connectivity index (χ4n) is 5.24. The Labute approximate surface area is 160 Å². The van der Waals surface area contributed by atoms with Crippen molar-refractivity contribution < 1.29 is 14.3 Å². The Bertz CT molecular complexity index is 710. The second kappa shape index (κ2) is 7.85. The van der Waals surface area contributed by atoms with Gasteiger partial charge in [-0.25, -0.2) is 0 Å². The summed E-state index contributed by atoms with van der Waals surface area (Å²) >= 11 is 0. The smallest absolute Gasteiger partial charge is 0.244 e. The molecule has 2 amide bonds. The van der Waals surface area contributed by atoms with E-state index in [9.17, 15) is 9.59 Å². The third-order valence-corrected chi connectivity index (χ3v) is 6.48. The Morgan fingerprint density at radius 3 is 2.74 bits per heavy atom. The predicted octanol–water partition coefficient (Wildman–Crippen LogP) is 2.67. The third kappa shape index (κ3) is 3.65. The predicted molar refractivity (Wildman–Crippen MR) is 104 cm³/mol. The van der Waals surface area contributed by atoms with Gasteiger partial charge in [0.15, 0.2) is 0 Å². The first-order valence-corrected chi connectivity index (χ1v) is 10.1. The summed E-state index contributed by atoms with van der Waals surface area (Å²) in [6.07, 6.45) is 9.81. The van der Waals surface area contributed by atoms with Gasteiger partial charge in [-0.1, -0.05) is 43.2 Å². The first kappa shape index (κ1) is 18.2. The Balaban J connectivity index is 1.22. The molecule has 1 saturated heterocycles. The topological polar surface area (TPSA) is 67.4 Å². The Kier molecular flexibility index (Phi) is 5.30. The normalized spacial score (nSPS) is 28.1. The first-order chi connectivity index (χ1) is 13.2. The number of carbonyl (C=O) groups excluding carboxylic acids is 2. The average molecular weight is 368 g/mol. The lowest BCUT2D eigenvalue weighted by atomic mass is 9.54. The zero-order chi connectivity index (χ0) is 18.7. The van der Waals surface area contributed by atoms with Crippen LogP contribution < -0.4 is 10.6 Å². The van der Waals surface area contributed by atoms with Crippen LogP contribution in [0.25, 0.3) is 6.08 Å². The summed E-state index contributed by atoms with van der Waals surface area (Å²) in [5.74, 6) is 0.339. The Morgan fingerprint density at radius 1 is 1.19 bits per heavy atom. The van der Waals surface area contributed by atoms with Gasteiger partial charge in [-0.2, -0.15) is 0 Å². The zero-order valence-electron chi connectivity index (χ0n) is 15.7. The quantitative estimate of drug-likeness (QED) is 0.759. The molecule has 3 atom stereocenters. The number of fused-ring (bicyclic) bond motifs is 2. The van der Waals surface area contributed by atoms with Crippen LogP contribution in [0.5, 0.6) is 0 Å². The van der Waals surface area contributed by atoms with Gasteiger partial charge in [0, 0.05) is 43.0 Å². The summed E-state index contributed by atoms with van der Waals surface area (Å²) in [6.45, 7) is 1.18. The number of nitrogens with one attached hydrogen (secondary N) is 2. The minimum atomic E-state index is -0.174. The monoisotopic (exact) mass is 368 g/mol. The maximum absolute atomic E-state index is 12.4. The standard InChI is InChI=1S/C22H28N2O3/c25-18(9-8-16-6-2-1-3-7-16)23-14-10-19(26)24-20-17-11-15-27-21(17)22(20)12-4-5-13-22/h1-3,6-9,17,20-21H,4-5,10-15H2,(H,23,25)(H,24,26)/b9-8+. The lowest BCUT2D eigenvalue weighted by Gasteiger charge is -2.56. The van der Waals surface area contributed by atoms with Gasteiger partial charge in [-0.3, -0.25) is 9.59 Å². The van der Waals surface area contributed by atoms with Crippen molar-refractivity contribution in [3.8, 4) is 0 Å². The number of carbonyl (C=O) groups is 2. The molecule has 2 aliphatic carbocycles. The highest BCUT2D eigenvalue weighted by molar-refractivity contribution is 5.92. The summed E-state index contributed by atoms with van der Waals surface area (Å²) in [7, 11) is 0. The van der Waals surface area contributed by atoms with E-state index in [1.54, 1.807) is 6.08 Å². The van der Waals surface area contributed by atoms with Crippen LogP contribution in [0.4, 0.5) is 0 Å². The van der Waals surface area contributed by atoms with E-state index in [1.165, 1.54) is 31.8 Å². The molecule has 27 heavy (non-hydrogen) atoms. The molecule has 5 heteroatoms. The van der Waals surface area contributed by atoms with E-state index in [1.807, 2.05) is 30.3 Å². The summed E-state index contributed by atoms with van der Waals surface area (Å²) < 4.78 is 5.96. The van der Waals surface area contributed by atoms with E-state index in [0.29, 0.717) is 25.0 Å². The minimum absolute atomic E-state index is 0.0314. The first-order valence-electron chi connectivity index (χ1n) is 10.1. The van der Waals surface area contributed by atoms with Gasteiger partial charge in [-0.05, 0) is 30.9 Å². The molecule has 3 fully saturated rings. The number of hydrogen-bond donors (Lipinski definition) is 2. The van der Waals surface area contributed by atoms with Crippen molar-refractivity contribution in [1.29, 1.82) is 0 Å². The molecule has 1 aromatic carbocycles. The van der Waals surface area contributed by atoms with Gasteiger partial charge in [-0.15, -0.1) is 0 Å². The van der Waals surface area contributed by atoms with Crippen LogP contribution in [0.3, 0.4) is 0 Å². The van der Waals surface area contributed by atoms with Crippen molar-refractivity contribution in [3.05, 3.63) is 42.0 Å². The lowest BCUT2D eigenvalue weighted by Crippen LogP contribution is -2.68. The number of hydrogen-bond acceptors (Lipinski definition) is 3. The van der Waals surface area contributed by atoms with Crippen LogP contribution in [0.1, 0.15) is 44.1 Å². The highest BCUT2D eigenvalue weighted by Gasteiger charge is 2.65. The van der Waals surface area contributed by atoms with E-state index in [2.05, 4.69) is 10.6 Å². The summed E-state index contributed by atoms with van der Waals surface area (Å²) in [6, 6.07) is 9.93. The van der Waals surface area contributed by atoms with Crippen LogP contribution in [0.2, 0.25) is 0 Å². The minimum Gasteiger partial charge on any atom is -0.377 e. The van der Waals surface area contributed by atoms with Gasteiger partial charge < -0.3 is 15.4 Å². The largest absolute Gasteiger partial charge is 0.377 e. The van der Waals surface area contributed by atoms with Crippen LogP contribution >= 0.6 is 0 Å². The second-order valence-corrected chi connectivity index (χ2v) is 8.01. The van der Waals surface area contributed by atoms with Crippen molar-refractivity contribution in [2.45, 2.75) is 50.7 Å². The van der Waals surface area contributed by atoms with Crippen LogP contribution in [0, 0.1) is 11.3 Å².